The van der Waals surface area contributed by atoms with Crippen molar-refractivity contribution in [1.29, 1.82) is 0 Å². The van der Waals surface area contributed by atoms with E-state index >= 15 is 0 Å². The van der Waals surface area contributed by atoms with Gasteiger partial charge < -0.3 is 15.2 Å². The predicted octanol–water partition coefficient (Wildman–Crippen LogP) is 1.55. The number of ether oxygens (including phenoxy) is 1. The highest BCUT2D eigenvalue weighted by atomic mass is 79.9. The van der Waals surface area contributed by atoms with Crippen molar-refractivity contribution in [3.63, 3.8) is 0 Å². The van der Waals surface area contributed by atoms with Gasteiger partial charge in [-0.3, -0.25) is 0 Å². The maximum atomic E-state index is 9.25. The molecule has 2 N–H and O–H groups in total. The average Bonchev–Trinajstić information content (AvgIpc) is 2.22. The number of nitrogens with one attached hydrogen (secondary N) is 1. The highest BCUT2D eigenvalue weighted by Gasteiger charge is 2.37. The highest BCUT2D eigenvalue weighted by molar-refractivity contribution is 9.10. The van der Waals surface area contributed by atoms with Gasteiger partial charge >= 0.3 is 0 Å². The number of halogens is 1. The van der Waals surface area contributed by atoms with Gasteiger partial charge in [0.05, 0.1) is 25.2 Å². The Balaban J connectivity index is 1.79. The zero-order valence-electron chi connectivity index (χ0n) is 9.08. The Morgan fingerprint density at radius 3 is 2.81 bits per heavy atom. The molecule has 1 fully saturated rings. The maximum Gasteiger partial charge on any atom is 0.0579 e. The summed E-state index contributed by atoms with van der Waals surface area (Å²) in [5.41, 5.74) is 1.19. The Kier molecular flexibility index (Phi) is 3.97. The maximum absolute atomic E-state index is 9.25. The van der Waals surface area contributed by atoms with Gasteiger partial charge in [0.25, 0.3) is 0 Å². The van der Waals surface area contributed by atoms with E-state index in [0.29, 0.717) is 13.2 Å². The zero-order valence-corrected chi connectivity index (χ0v) is 10.7. The molecule has 88 valence electrons. The summed E-state index contributed by atoms with van der Waals surface area (Å²) in [6.07, 6.45) is 0. The van der Waals surface area contributed by atoms with E-state index in [4.69, 9.17) is 4.74 Å². The standard InChI is InChI=1S/C12H16BrNO2/c13-11-3-1-2-10(4-11)5-14-6-12(7-15)8-16-9-12/h1-4,14-15H,5-9H2. The molecule has 16 heavy (non-hydrogen) atoms. The van der Waals surface area contributed by atoms with Crippen molar-refractivity contribution in [2.24, 2.45) is 5.41 Å². The van der Waals surface area contributed by atoms with E-state index in [-0.39, 0.29) is 12.0 Å². The van der Waals surface area contributed by atoms with Crippen LogP contribution in [0.2, 0.25) is 0 Å². The summed E-state index contributed by atoms with van der Waals surface area (Å²) in [4.78, 5) is 0. The van der Waals surface area contributed by atoms with Crippen LogP contribution in [0.4, 0.5) is 0 Å². The van der Waals surface area contributed by atoms with E-state index < -0.39 is 0 Å². The van der Waals surface area contributed by atoms with Crippen LogP contribution in [-0.2, 0) is 11.3 Å². The number of aliphatic hydroxyl groups excluding tert-OH is 1. The molecule has 0 spiro atoms. The summed E-state index contributed by atoms with van der Waals surface area (Å²) in [5.74, 6) is 0. The molecule has 1 heterocycles. The van der Waals surface area contributed by atoms with Gasteiger partial charge in [-0.2, -0.15) is 0 Å². The van der Waals surface area contributed by atoms with Crippen molar-refractivity contribution in [1.82, 2.24) is 5.32 Å². The van der Waals surface area contributed by atoms with E-state index in [1.54, 1.807) is 0 Å². The number of rotatable bonds is 5. The Hall–Kier alpha value is -0.420. The van der Waals surface area contributed by atoms with Crippen LogP contribution in [0.1, 0.15) is 5.56 Å². The molecule has 0 unspecified atom stereocenters. The molecule has 1 aliphatic heterocycles. The molecule has 4 heteroatoms. The van der Waals surface area contributed by atoms with Gasteiger partial charge in [0.2, 0.25) is 0 Å². The number of hydrogen-bond acceptors (Lipinski definition) is 3. The van der Waals surface area contributed by atoms with Crippen molar-refractivity contribution in [2.45, 2.75) is 6.54 Å². The van der Waals surface area contributed by atoms with Crippen LogP contribution in [0, 0.1) is 5.41 Å². The SMILES string of the molecule is OCC1(CNCc2cccc(Br)c2)COC1. The molecule has 0 aromatic heterocycles. The largest absolute Gasteiger partial charge is 0.396 e. The first-order valence-electron chi connectivity index (χ1n) is 5.38. The van der Waals surface area contributed by atoms with Gasteiger partial charge in [-0.25, -0.2) is 0 Å². The number of benzene rings is 1. The van der Waals surface area contributed by atoms with Crippen LogP contribution in [0.25, 0.3) is 0 Å². The van der Waals surface area contributed by atoms with E-state index in [2.05, 4.69) is 33.4 Å². The Morgan fingerprint density at radius 2 is 2.25 bits per heavy atom. The van der Waals surface area contributed by atoms with Crippen molar-refractivity contribution < 1.29 is 9.84 Å². The van der Waals surface area contributed by atoms with Gasteiger partial charge in [-0.05, 0) is 17.7 Å². The third kappa shape index (κ3) is 2.83. The Bertz CT molecular complexity index is 347. The van der Waals surface area contributed by atoms with Crippen LogP contribution >= 0.6 is 15.9 Å². The average molecular weight is 286 g/mol. The first kappa shape index (κ1) is 12.0. The van der Waals surface area contributed by atoms with Crippen LogP contribution in [0.3, 0.4) is 0 Å². The molecule has 1 aromatic carbocycles. The van der Waals surface area contributed by atoms with Gasteiger partial charge in [0, 0.05) is 17.6 Å². The lowest BCUT2D eigenvalue weighted by molar-refractivity contribution is -0.134. The minimum atomic E-state index is -0.0496. The molecule has 0 aliphatic carbocycles. The van der Waals surface area contributed by atoms with E-state index in [1.165, 1.54) is 5.56 Å². The monoisotopic (exact) mass is 285 g/mol. The van der Waals surface area contributed by atoms with Gasteiger partial charge in [0.1, 0.15) is 0 Å². The summed E-state index contributed by atoms with van der Waals surface area (Å²) in [7, 11) is 0. The summed E-state index contributed by atoms with van der Waals surface area (Å²) >= 11 is 3.44. The molecule has 1 aromatic rings. The molecular weight excluding hydrogens is 270 g/mol. The second-order valence-corrected chi connectivity index (χ2v) is 5.30. The number of hydrogen-bond donors (Lipinski definition) is 2. The van der Waals surface area contributed by atoms with Crippen molar-refractivity contribution in [3.05, 3.63) is 34.3 Å². The first-order chi connectivity index (χ1) is 7.74. The highest BCUT2D eigenvalue weighted by Crippen LogP contribution is 2.25. The fraction of sp³-hybridized carbons (Fsp3) is 0.500. The van der Waals surface area contributed by atoms with Crippen LogP contribution in [0.15, 0.2) is 28.7 Å². The van der Waals surface area contributed by atoms with E-state index in [9.17, 15) is 5.11 Å². The summed E-state index contributed by atoms with van der Waals surface area (Å²) < 4.78 is 6.24. The van der Waals surface area contributed by atoms with Crippen molar-refractivity contribution in [3.8, 4) is 0 Å². The first-order valence-corrected chi connectivity index (χ1v) is 6.17. The molecule has 3 nitrogen and oxygen atoms in total. The molecule has 0 bridgehead atoms. The lowest BCUT2D eigenvalue weighted by atomic mass is 9.87. The van der Waals surface area contributed by atoms with Crippen LogP contribution in [-0.4, -0.2) is 31.5 Å². The summed E-state index contributed by atoms with van der Waals surface area (Å²) in [6.45, 7) is 3.14. The van der Waals surface area contributed by atoms with Gasteiger partial charge in [0.15, 0.2) is 0 Å². The molecule has 0 radical (unpaired) electrons. The van der Waals surface area contributed by atoms with Crippen molar-refractivity contribution >= 4 is 15.9 Å². The van der Waals surface area contributed by atoms with E-state index in [0.717, 1.165) is 17.6 Å². The molecular formula is C12H16BrNO2. The molecule has 0 amide bonds. The molecule has 0 saturated carbocycles. The summed E-state index contributed by atoms with van der Waals surface area (Å²) in [6, 6.07) is 8.21. The Morgan fingerprint density at radius 1 is 1.44 bits per heavy atom. The van der Waals surface area contributed by atoms with E-state index in [1.807, 2.05) is 12.1 Å². The van der Waals surface area contributed by atoms with Gasteiger partial charge in [-0.1, -0.05) is 28.1 Å². The lowest BCUT2D eigenvalue weighted by Crippen LogP contribution is -2.52. The fourth-order valence-electron chi connectivity index (χ4n) is 1.76. The Labute approximate surface area is 104 Å². The zero-order chi connectivity index (χ0) is 11.4. The predicted molar refractivity (Wildman–Crippen MR) is 66.2 cm³/mol. The topological polar surface area (TPSA) is 41.5 Å². The second-order valence-electron chi connectivity index (χ2n) is 4.38. The van der Waals surface area contributed by atoms with Crippen LogP contribution < -0.4 is 5.32 Å². The molecule has 1 aliphatic rings. The molecule has 0 atom stereocenters. The van der Waals surface area contributed by atoms with Crippen LogP contribution in [0.5, 0.6) is 0 Å². The molecule has 1 saturated heterocycles. The third-order valence-corrected chi connectivity index (χ3v) is 3.36. The minimum absolute atomic E-state index is 0.0496. The fourth-order valence-corrected chi connectivity index (χ4v) is 2.21. The second kappa shape index (κ2) is 5.27. The molecule has 2 rings (SSSR count). The number of aliphatic hydroxyl groups is 1. The minimum Gasteiger partial charge on any atom is -0.396 e. The smallest absolute Gasteiger partial charge is 0.0579 e. The quantitative estimate of drug-likeness (QED) is 0.863. The summed E-state index contributed by atoms with van der Waals surface area (Å²) in [5, 5.41) is 12.6. The third-order valence-electron chi connectivity index (χ3n) is 2.87. The van der Waals surface area contributed by atoms with Gasteiger partial charge in [-0.15, -0.1) is 0 Å². The lowest BCUT2D eigenvalue weighted by Gasteiger charge is -2.40. The normalized spacial score (nSPS) is 18.1. The van der Waals surface area contributed by atoms with Crippen molar-refractivity contribution in [2.75, 3.05) is 26.4 Å².